The normalized spacial score (nSPS) is 30.1. The number of hydrogen-bond donors (Lipinski definition) is 1. The summed E-state index contributed by atoms with van der Waals surface area (Å²) in [7, 11) is 0. The number of rotatable bonds is 3. The molecule has 0 aromatic heterocycles. The van der Waals surface area contributed by atoms with Crippen LogP contribution in [-0.2, 0) is 0 Å². The maximum Gasteiger partial charge on any atom is 0.292 e. The van der Waals surface area contributed by atoms with Crippen LogP contribution in [0, 0.1) is 16.0 Å². The van der Waals surface area contributed by atoms with Gasteiger partial charge in [0.05, 0.1) is 4.92 Å². The van der Waals surface area contributed by atoms with E-state index in [9.17, 15) is 10.1 Å². The van der Waals surface area contributed by atoms with Gasteiger partial charge in [-0.25, -0.2) is 0 Å². The zero-order valence-corrected chi connectivity index (χ0v) is 10.2. The van der Waals surface area contributed by atoms with Crippen molar-refractivity contribution in [1.82, 2.24) is 4.90 Å². The van der Waals surface area contributed by atoms with E-state index >= 15 is 0 Å². The Morgan fingerprint density at radius 1 is 1.28 bits per heavy atom. The van der Waals surface area contributed by atoms with Crippen LogP contribution in [0.15, 0.2) is 24.3 Å². The summed E-state index contributed by atoms with van der Waals surface area (Å²) in [4.78, 5) is 13.1. The molecule has 1 N–H and O–H groups in total. The molecule has 3 saturated heterocycles. The van der Waals surface area contributed by atoms with E-state index in [0.29, 0.717) is 17.6 Å². The van der Waals surface area contributed by atoms with E-state index in [1.807, 2.05) is 6.07 Å². The van der Waals surface area contributed by atoms with Gasteiger partial charge in [-0.3, -0.25) is 10.1 Å². The first-order valence-corrected chi connectivity index (χ1v) is 6.46. The molecule has 5 heteroatoms. The van der Waals surface area contributed by atoms with Gasteiger partial charge in [0.1, 0.15) is 5.69 Å². The Morgan fingerprint density at radius 2 is 2.00 bits per heavy atom. The van der Waals surface area contributed by atoms with Crippen molar-refractivity contribution in [1.29, 1.82) is 0 Å². The molecule has 2 bridgehead atoms. The van der Waals surface area contributed by atoms with Gasteiger partial charge in [-0.05, 0) is 37.9 Å². The lowest BCUT2D eigenvalue weighted by atomic mass is 9.84. The van der Waals surface area contributed by atoms with Gasteiger partial charge < -0.3 is 10.2 Å². The smallest absolute Gasteiger partial charge is 0.292 e. The first kappa shape index (κ1) is 11.5. The fraction of sp³-hybridized carbons (Fsp3) is 0.538. The van der Waals surface area contributed by atoms with Crippen molar-refractivity contribution in [2.45, 2.75) is 18.9 Å². The minimum Gasteiger partial charge on any atom is -0.375 e. The van der Waals surface area contributed by atoms with Gasteiger partial charge in [-0.2, -0.15) is 0 Å². The summed E-state index contributed by atoms with van der Waals surface area (Å²) >= 11 is 0. The molecule has 0 saturated carbocycles. The van der Waals surface area contributed by atoms with Crippen LogP contribution in [-0.4, -0.2) is 35.5 Å². The van der Waals surface area contributed by atoms with Crippen LogP contribution >= 0.6 is 0 Å². The minimum atomic E-state index is -0.316. The highest BCUT2D eigenvalue weighted by Gasteiger charge is 2.34. The van der Waals surface area contributed by atoms with Crippen molar-refractivity contribution < 1.29 is 4.92 Å². The van der Waals surface area contributed by atoms with Gasteiger partial charge in [0.2, 0.25) is 0 Å². The molecule has 3 aliphatic heterocycles. The summed E-state index contributed by atoms with van der Waals surface area (Å²) < 4.78 is 0. The van der Waals surface area contributed by atoms with Crippen molar-refractivity contribution in [3.8, 4) is 0 Å². The average molecular weight is 247 g/mol. The molecule has 1 atom stereocenters. The number of piperidine rings is 3. The second kappa shape index (κ2) is 4.57. The maximum absolute atomic E-state index is 11.0. The van der Waals surface area contributed by atoms with Crippen molar-refractivity contribution in [2.24, 2.45) is 5.92 Å². The third kappa shape index (κ3) is 2.06. The Labute approximate surface area is 106 Å². The van der Waals surface area contributed by atoms with E-state index in [1.165, 1.54) is 25.9 Å². The summed E-state index contributed by atoms with van der Waals surface area (Å²) in [5.74, 6) is 0.662. The van der Waals surface area contributed by atoms with Crippen LogP contribution < -0.4 is 5.32 Å². The van der Waals surface area contributed by atoms with Gasteiger partial charge in [-0.1, -0.05) is 12.1 Å². The molecule has 0 amide bonds. The highest BCUT2D eigenvalue weighted by molar-refractivity contribution is 5.61. The summed E-state index contributed by atoms with van der Waals surface area (Å²) in [6.45, 7) is 3.37. The Bertz CT molecular complexity index is 455. The number of nitro groups is 1. The number of nitro benzene ring substituents is 1. The van der Waals surface area contributed by atoms with Crippen LogP contribution in [0.5, 0.6) is 0 Å². The Morgan fingerprint density at radius 3 is 2.61 bits per heavy atom. The first-order chi connectivity index (χ1) is 8.74. The molecule has 1 aromatic rings. The Hall–Kier alpha value is -1.62. The van der Waals surface area contributed by atoms with Gasteiger partial charge in [0, 0.05) is 18.7 Å². The number of anilines is 1. The second-order valence-electron chi connectivity index (χ2n) is 5.16. The lowest BCUT2D eigenvalue weighted by Crippen LogP contribution is -2.53. The van der Waals surface area contributed by atoms with E-state index in [0.717, 1.165) is 6.54 Å². The van der Waals surface area contributed by atoms with Gasteiger partial charge in [-0.15, -0.1) is 0 Å². The first-order valence-electron chi connectivity index (χ1n) is 6.46. The van der Waals surface area contributed by atoms with E-state index in [4.69, 9.17) is 0 Å². The third-order valence-corrected chi connectivity index (χ3v) is 4.10. The topological polar surface area (TPSA) is 58.4 Å². The fourth-order valence-corrected chi connectivity index (χ4v) is 3.08. The molecule has 1 aromatic carbocycles. The predicted molar refractivity (Wildman–Crippen MR) is 69.7 cm³/mol. The lowest BCUT2D eigenvalue weighted by molar-refractivity contribution is -0.384. The molecule has 1 unspecified atom stereocenters. The molecule has 0 spiro atoms. The zero-order chi connectivity index (χ0) is 12.5. The molecule has 0 radical (unpaired) electrons. The molecule has 0 aliphatic carbocycles. The average Bonchev–Trinajstić information content (AvgIpc) is 2.40. The number of fused-ring (bicyclic) bond motifs is 3. The fourth-order valence-electron chi connectivity index (χ4n) is 3.08. The lowest BCUT2D eigenvalue weighted by Gasteiger charge is -2.45. The monoisotopic (exact) mass is 247 g/mol. The Balaban J connectivity index is 1.78. The van der Waals surface area contributed by atoms with Crippen molar-refractivity contribution in [3.05, 3.63) is 34.4 Å². The zero-order valence-electron chi connectivity index (χ0n) is 10.2. The predicted octanol–water partition coefficient (Wildman–Crippen LogP) is 2.10. The number of benzene rings is 1. The molecule has 3 fully saturated rings. The van der Waals surface area contributed by atoms with E-state index < -0.39 is 0 Å². The van der Waals surface area contributed by atoms with Crippen molar-refractivity contribution >= 4 is 11.4 Å². The molecule has 3 aliphatic rings. The Kier molecular flexibility index (Phi) is 2.91. The van der Waals surface area contributed by atoms with Crippen molar-refractivity contribution in [2.75, 3.05) is 25.0 Å². The summed E-state index contributed by atoms with van der Waals surface area (Å²) in [6, 6.07) is 7.27. The standard InChI is InChI=1S/C13H17N3O2/c17-16(18)13-4-2-1-3-11(13)14-12-9-15-7-5-10(12)6-8-15/h1-4,10,12,14H,5-9H2. The van der Waals surface area contributed by atoms with Crippen LogP contribution in [0.1, 0.15) is 12.8 Å². The summed E-state index contributed by atoms with van der Waals surface area (Å²) in [5.41, 5.74) is 0.829. The van der Waals surface area contributed by atoms with E-state index in [-0.39, 0.29) is 10.6 Å². The summed E-state index contributed by atoms with van der Waals surface area (Å²) in [5, 5.41) is 14.4. The van der Waals surface area contributed by atoms with Gasteiger partial charge in [0.15, 0.2) is 0 Å². The SMILES string of the molecule is O=[N+]([O-])c1ccccc1NC1CN2CCC1CC2. The second-order valence-corrected chi connectivity index (χ2v) is 5.16. The summed E-state index contributed by atoms with van der Waals surface area (Å²) in [6.07, 6.45) is 2.41. The van der Waals surface area contributed by atoms with Crippen LogP contribution in [0.25, 0.3) is 0 Å². The van der Waals surface area contributed by atoms with E-state index in [2.05, 4.69) is 10.2 Å². The third-order valence-electron chi connectivity index (χ3n) is 4.10. The minimum absolute atomic E-state index is 0.175. The van der Waals surface area contributed by atoms with E-state index in [1.54, 1.807) is 18.2 Å². The molecule has 3 heterocycles. The molecular formula is C13H17N3O2. The number of hydrogen-bond acceptors (Lipinski definition) is 4. The quantitative estimate of drug-likeness (QED) is 0.656. The highest BCUT2D eigenvalue weighted by atomic mass is 16.6. The van der Waals surface area contributed by atoms with Crippen LogP contribution in [0.3, 0.4) is 0 Å². The molecular weight excluding hydrogens is 230 g/mol. The number of para-hydroxylation sites is 2. The van der Waals surface area contributed by atoms with Gasteiger partial charge in [0.25, 0.3) is 5.69 Å². The number of nitrogens with one attached hydrogen (secondary N) is 1. The largest absolute Gasteiger partial charge is 0.375 e. The van der Waals surface area contributed by atoms with Crippen molar-refractivity contribution in [3.63, 3.8) is 0 Å². The maximum atomic E-state index is 11.0. The molecule has 5 nitrogen and oxygen atoms in total. The molecule has 18 heavy (non-hydrogen) atoms. The van der Waals surface area contributed by atoms with Crippen LogP contribution in [0.4, 0.5) is 11.4 Å². The molecule has 96 valence electrons. The molecule has 4 rings (SSSR count). The number of nitrogens with zero attached hydrogens (tertiary/aromatic N) is 2. The highest BCUT2D eigenvalue weighted by Crippen LogP contribution is 2.32. The van der Waals surface area contributed by atoms with Gasteiger partial charge >= 0.3 is 0 Å². The van der Waals surface area contributed by atoms with Crippen LogP contribution in [0.2, 0.25) is 0 Å².